The summed E-state index contributed by atoms with van der Waals surface area (Å²) in [6.45, 7) is 2.11. The van der Waals surface area contributed by atoms with Gasteiger partial charge >= 0.3 is 0 Å². The zero-order valence-corrected chi connectivity index (χ0v) is 19.1. The van der Waals surface area contributed by atoms with Gasteiger partial charge in [0.15, 0.2) is 0 Å². The van der Waals surface area contributed by atoms with Gasteiger partial charge in [-0.05, 0) is 55.0 Å². The van der Waals surface area contributed by atoms with E-state index in [0.717, 1.165) is 43.5 Å². The summed E-state index contributed by atoms with van der Waals surface area (Å²) in [7, 11) is 0. The van der Waals surface area contributed by atoms with Crippen molar-refractivity contribution in [3.63, 3.8) is 0 Å². The van der Waals surface area contributed by atoms with Crippen molar-refractivity contribution < 1.29 is 9.21 Å². The molecule has 166 valence electrons. The molecule has 4 aromatic rings. The lowest BCUT2D eigenvalue weighted by atomic mass is 10.1. The van der Waals surface area contributed by atoms with Gasteiger partial charge in [-0.1, -0.05) is 49.0 Å². The van der Waals surface area contributed by atoms with E-state index in [1.807, 2.05) is 30.3 Å². The Balaban J connectivity index is 1.14. The summed E-state index contributed by atoms with van der Waals surface area (Å²) in [6.07, 6.45) is 6.96. The molecule has 1 amide bonds. The molecular formula is C25H28N4O2S. The lowest BCUT2D eigenvalue weighted by molar-refractivity contribution is -0.116. The van der Waals surface area contributed by atoms with E-state index in [1.54, 1.807) is 0 Å². The number of benzene rings is 2. The number of aromatic amines is 1. The number of nitrogens with zero attached hydrogens (tertiary/aromatic N) is 2. The second-order valence-corrected chi connectivity index (χ2v) is 8.77. The van der Waals surface area contributed by atoms with Crippen molar-refractivity contribution in [3.8, 4) is 0 Å². The number of fused-ring (bicyclic) bond motifs is 1. The van der Waals surface area contributed by atoms with Crippen LogP contribution >= 0.6 is 11.8 Å². The van der Waals surface area contributed by atoms with Gasteiger partial charge in [-0.3, -0.25) is 4.79 Å². The molecule has 2 N–H and O–H groups in total. The smallest absolute Gasteiger partial charge is 0.276 e. The summed E-state index contributed by atoms with van der Waals surface area (Å²) >= 11 is 1.50. The number of hydrogen-bond donors (Lipinski definition) is 2. The molecule has 0 aliphatic heterocycles. The zero-order chi connectivity index (χ0) is 22.2. The molecule has 4 rings (SSSR count). The van der Waals surface area contributed by atoms with E-state index in [4.69, 9.17) is 4.42 Å². The van der Waals surface area contributed by atoms with Gasteiger partial charge in [0.25, 0.3) is 5.22 Å². The summed E-state index contributed by atoms with van der Waals surface area (Å²) in [4.78, 5) is 15.4. The summed E-state index contributed by atoms with van der Waals surface area (Å²) in [5, 5.41) is 13.1. The first-order chi connectivity index (χ1) is 15.7. The molecule has 0 saturated carbocycles. The number of para-hydroxylation sites is 1. The molecule has 6 nitrogen and oxygen atoms in total. The van der Waals surface area contributed by atoms with Crippen LogP contribution < -0.4 is 5.32 Å². The van der Waals surface area contributed by atoms with Crippen molar-refractivity contribution in [2.24, 2.45) is 0 Å². The average Bonchev–Trinajstić information content (AvgIpc) is 3.44. The minimum Gasteiger partial charge on any atom is -0.416 e. The van der Waals surface area contributed by atoms with Gasteiger partial charge in [-0.2, -0.15) is 0 Å². The topological polar surface area (TPSA) is 83.8 Å². The van der Waals surface area contributed by atoms with E-state index in [0.29, 0.717) is 17.5 Å². The zero-order valence-electron chi connectivity index (χ0n) is 18.3. The predicted octanol–water partition coefficient (Wildman–Crippen LogP) is 5.80. The van der Waals surface area contributed by atoms with Crippen LogP contribution in [0.5, 0.6) is 0 Å². The van der Waals surface area contributed by atoms with Gasteiger partial charge in [0, 0.05) is 41.4 Å². The molecule has 0 radical (unpaired) electrons. The molecule has 32 heavy (non-hydrogen) atoms. The van der Waals surface area contributed by atoms with E-state index in [-0.39, 0.29) is 5.91 Å². The van der Waals surface area contributed by atoms with Crippen LogP contribution in [0.25, 0.3) is 10.9 Å². The standard InChI is InChI=1S/C25H28N4O2S/c1-2-18-12-14-20(15-13-18)27-23(30)10-6-16-32-25-29-28-24(31-25)11-5-7-19-17-26-22-9-4-3-8-21(19)22/h3-4,8-9,12-15,17,26H,2,5-7,10-11,16H2,1H3,(H,27,30). The third kappa shape index (κ3) is 6.01. The Bertz CT molecular complexity index is 1150. The first-order valence-electron chi connectivity index (χ1n) is 11.1. The number of carbonyl (C=O) groups is 1. The number of aromatic nitrogens is 3. The molecule has 0 aliphatic rings. The maximum absolute atomic E-state index is 12.1. The quantitative estimate of drug-likeness (QED) is 0.224. The highest BCUT2D eigenvalue weighted by atomic mass is 32.2. The van der Waals surface area contributed by atoms with Crippen molar-refractivity contribution in [2.75, 3.05) is 11.1 Å². The van der Waals surface area contributed by atoms with Crippen molar-refractivity contribution in [1.82, 2.24) is 15.2 Å². The van der Waals surface area contributed by atoms with Crippen molar-refractivity contribution in [1.29, 1.82) is 0 Å². The Labute approximate surface area is 192 Å². The van der Waals surface area contributed by atoms with Gasteiger partial charge in [0.1, 0.15) is 0 Å². The second-order valence-electron chi connectivity index (χ2n) is 7.73. The number of nitrogens with one attached hydrogen (secondary N) is 2. The fourth-order valence-electron chi connectivity index (χ4n) is 3.61. The number of carbonyl (C=O) groups excluding carboxylic acids is 1. The van der Waals surface area contributed by atoms with Gasteiger partial charge in [-0.15, -0.1) is 10.2 Å². The lowest BCUT2D eigenvalue weighted by Crippen LogP contribution is -2.11. The van der Waals surface area contributed by atoms with Crippen LogP contribution in [0.1, 0.15) is 43.2 Å². The fourth-order valence-corrected chi connectivity index (χ4v) is 4.32. The van der Waals surface area contributed by atoms with E-state index in [2.05, 4.69) is 51.8 Å². The number of anilines is 1. The Morgan fingerprint density at radius 1 is 1.06 bits per heavy atom. The Kier molecular flexibility index (Phi) is 7.61. The van der Waals surface area contributed by atoms with E-state index in [9.17, 15) is 4.79 Å². The number of hydrogen-bond acceptors (Lipinski definition) is 5. The molecular weight excluding hydrogens is 420 g/mol. The minimum absolute atomic E-state index is 0.0262. The van der Waals surface area contributed by atoms with Crippen LogP contribution in [0.15, 0.2) is 64.4 Å². The van der Waals surface area contributed by atoms with Gasteiger partial charge in [0.05, 0.1) is 0 Å². The molecule has 0 aliphatic carbocycles. The molecule has 2 heterocycles. The Morgan fingerprint density at radius 2 is 1.91 bits per heavy atom. The summed E-state index contributed by atoms with van der Waals surface area (Å²) in [5.74, 6) is 1.46. The normalized spacial score (nSPS) is 11.2. The highest BCUT2D eigenvalue weighted by Gasteiger charge is 2.09. The van der Waals surface area contributed by atoms with Crippen LogP contribution in [-0.2, 0) is 24.1 Å². The van der Waals surface area contributed by atoms with Gasteiger partial charge in [0.2, 0.25) is 11.8 Å². The van der Waals surface area contributed by atoms with E-state index < -0.39 is 0 Å². The predicted molar refractivity (Wildman–Crippen MR) is 129 cm³/mol. The number of H-pyrrole nitrogens is 1. The molecule has 2 aromatic carbocycles. The Morgan fingerprint density at radius 3 is 2.75 bits per heavy atom. The molecule has 0 saturated heterocycles. The highest BCUT2D eigenvalue weighted by molar-refractivity contribution is 7.99. The monoisotopic (exact) mass is 448 g/mol. The number of aryl methyl sites for hydroxylation is 3. The third-order valence-electron chi connectivity index (χ3n) is 5.38. The molecule has 0 unspecified atom stereocenters. The number of rotatable bonds is 11. The highest BCUT2D eigenvalue weighted by Crippen LogP contribution is 2.21. The Hall–Kier alpha value is -3.06. The average molecular weight is 449 g/mol. The molecule has 0 bridgehead atoms. The van der Waals surface area contributed by atoms with Crippen LogP contribution in [0.4, 0.5) is 5.69 Å². The van der Waals surface area contributed by atoms with Crippen molar-refractivity contribution in [2.45, 2.75) is 50.7 Å². The molecule has 2 aromatic heterocycles. The molecule has 7 heteroatoms. The molecule has 0 atom stereocenters. The van der Waals surface area contributed by atoms with Crippen LogP contribution in [0.2, 0.25) is 0 Å². The maximum atomic E-state index is 12.1. The van der Waals surface area contributed by atoms with Gasteiger partial charge in [-0.25, -0.2) is 0 Å². The summed E-state index contributed by atoms with van der Waals surface area (Å²) in [5.41, 5.74) is 4.58. The van der Waals surface area contributed by atoms with E-state index >= 15 is 0 Å². The molecule has 0 fully saturated rings. The first kappa shape index (κ1) is 22.1. The third-order valence-corrected chi connectivity index (χ3v) is 6.28. The van der Waals surface area contributed by atoms with Crippen LogP contribution in [0, 0.1) is 0 Å². The van der Waals surface area contributed by atoms with Crippen LogP contribution in [0.3, 0.4) is 0 Å². The minimum atomic E-state index is 0.0262. The summed E-state index contributed by atoms with van der Waals surface area (Å²) < 4.78 is 5.75. The summed E-state index contributed by atoms with van der Waals surface area (Å²) in [6, 6.07) is 16.3. The largest absolute Gasteiger partial charge is 0.416 e. The number of amides is 1. The van der Waals surface area contributed by atoms with Crippen molar-refractivity contribution >= 4 is 34.3 Å². The SMILES string of the molecule is CCc1ccc(NC(=O)CCCSc2nnc(CCCc3c[nH]c4ccccc34)o2)cc1. The maximum Gasteiger partial charge on any atom is 0.276 e. The van der Waals surface area contributed by atoms with Crippen LogP contribution in [-0.4, -0.2) is 26.8 Å². The lowest BCUT2D eigenvalue weighted by Gasteiger charge is -2.05. The fraction of sp³-hybridized carbons (Fsp3) is 0.320. The molecule has 0 spiro atoms. The second kappa shape index (κ2) is 11.0. The number of thioether (sulfide) groups is 1. The van der Waals surface area contributed by atoms with Gasteiger partial charge < -0.3 is 14.7 Å². The first-order valence-corrected chi connectivity index (χ1v) is 12.1. The van der Waals surface area contributed by atoms with E-state index in [1.165, 1.54) is 33.8 Å². The van der Waals surface area contributed by atoms with Crippen molar-refractivity contribution in [3.05, 3.63) is 71.7 Å².